The lowest BCUT2D eigenvalue weighted by molar-refractivity contribution is 0.101. The van der Waals surface area contributed by atoms with Gasteiger partial charge >= 0.3 is 0 Å². The van der Waals surface area contributed by atoms with Gasteiger partial charge in [-0.3, -0.25) is 4.79 Å². The summed E-state index contributed by atoms with van der Waals surface area (Å²) < 4.78 is 5.07. The molecule has 0 aliphatic carbocycles. The molecule has 0 unspecified atom stereocenters. The molecule has 0 atom stereocenters. The molecule has 0 amide bonds. The second kappa shape index (κ2) is 4.93. The van der Waals surface area contributed by atoms with Crippen LogP contribution in [0.2, 0.25) is 0 Å². The third-order valence-electron chi connectivity index (χ3n) is 2.66. The Morgan fingerprint density at radius 2 is 2.19 bits per heavy atom. The summed E-state index contributed by atoms with van der Waals surface area (Å²) in [5, 5.41) is 0.967. The highest BCUT2D eigenvalue weighted by atomic mass is 32.1. The first-order chi connectivity index (χ1) is 7.72. The van der Waals surface area contributed by atoms with Crippen molar-refractivity contribution in [3.63, 3.8) is 0 Å². The normalized spacial score (nSPS) is 15.8. The van der Waals surface area contributed by atoms with Gasteiger partial charge in [-0.15, -0.1) is 0 Å². The molecule has 1 aliphatic rings. The van der Waals surface area contributed by atoms with E-state index in [1.54, 1.807) is 14.0 Å². The second-order valence-corrected chi connectivity index (χ2v) is 4.93. The van der Waals surface area contributed by atoms with Gasteiger partial charge in [-0.05, 0) is 12.8 Å². The van der Waals surface area contributed by atoms with Crippen molar-refractivity contribution in [3.8, 4) is 0 Å². The van der Waals surface area contributed by atoms with Crippen LogP contribution in [0.5, 0.6) is 0 Å². The van der Waals surface area contributed by atoms with Crippen molar-refractivity contribution in [1.29, 1.82) is 0 Å². The standard InChI is InChI=1S/C11H16N2O2S/c1-8(14)10-9(7-15-2)12-11(16-10)13-5-3-4-6-13/h3-7H2,1-2H3. The van der Waals surface area contributed by atoms with Gasteiger partial charge in [0.25, 0.3) is 0 Å². The minimum atomic E-state index is 0.0787. The summed E-state index contributed by atoms with van der Waals surface area (Å²) in [5.74, 6) is 0.0787. The van der Waals surface area contributed by atoms with Crippen LogP contribution in [0.25, 0.3) is 0 Å². The Kier molecular flexibility index (Phi) is 3.56. The molecule has 4 nitrogen and oxygen atoms in total. The second-order valence-electron chi connectivity index (χ2n) is 3.96. The first kappa shape index (κ1) is 11.5. The monoisotopic (exact) mass is 240 g/mol. The molecule has 0 radical (unpaired) electrons. The number of aromatic nitrogens is 1. The Morgan fingerprint density at radius 3 is 2.75 bits per heavy atom. The fraction of sp³-hybridized carbons (Fsp3) is 0.636. The largest absolute Gasteiger partial charge is 0.378 e. The number of nitrogens with zero attached hydrogens (tertiary/aromatic N) is 2. The van der Waals surface area contributed by atoms with E-state index in [2.05, 4.69) is 9.88 Å². The number of Topliss-reactive ketones (excluding diaryl/α,β-unsaturated/α-hetero) is 1. The highest BCUT2D eigenvalue weighted by Crippen LogP contribution is 2.29. The Hall–Kier alpha value is -0.940. The Morgan fingerprint density at radius 1 is 1.50 bits per heavy atom. The van der Waals surface area contributed by atoms with E-state index in [0.717, 1.165) is 28.8 Å². The van der Waals surface area contributed by atoms with Crippen molar-refractivity contribution in [3.05, 3.63) is 10.6 Å². The number of hydrogen-bond donors (Lipinski definition) is 0. The van der Waals surface area contributed by atoms with Gasteiger partial charge < -0.3 is 9.64 Å². The SMILES string of the molecule is COCc1nc(N2CCCC2)sc1C(C)=O. The van der Waals surface area contributed by atoms with Crippen molar-refractivity contribution in [1.82, 2.24) is 4.98 Å². The lowest BCUT2D eigenvalue weighted by Crippen LogP contribution is -2.17. The van der Waals surface area contributed by atoms with Crippen LogP contribution in [0.3, 0.4) is 0 Å². The van der Waals surface area contributed by atoms with Crippen LogP contribution in [0, 0.1) is 0 Å². The molecule has 0 saturated carbocycles. The van der Waals surface area contributed by atoms with E-state index in [1.165, 1.54) is 24.2 Å². The fourth-order valence-corrected chi connectivity index (χ4v) is 2.91. The number of methoxy groups -OCH3 is 1. The maximum Gasteiger partial charge on any atom is 0.186 e. The number of anilines is 1. The summed E-state index contributed by atoms with van der Waals surface area (Å²) in [4.78, 5) is 19.0. The van der Waals surface area contributed by atoms with Crippen LogP contribution >= 0.6 is 11.3 Å². The highest BCUT2D eigenvalue weighted by Gasteiger charge is 2.20. The molecule has 1 saturated heterocycles. The molecule has 0 spiro atoms. The van der Waals surface area contributed by atoms with Crippen LogP contribution in [0.1, 0.15) is 35.1 Å². The summed E-state index contributed by atoms with van der Waals surface area (Å²) in [6.07, 6.45) is 2.43. The van der Waals surface area contributed by atoms with E-state index >= 15 is 0 Å². The predicted molar refractivity (Wildman–Crippen MR) is 64.3 cm³/mol. The zero-order valence-corrected chi connectivity index (χ0v) is 10.5. The number of carbonyl (C=O) groups is 1. The van der Waals surface area contributed by atoms with Crippen molar-refractivity contribution in [2.45, 2.75) is 26.4 Å². The number of rotatable bonds is 4. The molecule has 0 aromatic carbocycles. The molecule has 0 N–H and O–H groups in total. The maximum atomic E-state index is 11.5. The quantitative estimate of drug-likeness (QED) is 0.756. The first-order valence-electron chi connectivity index (χ1n) is 5.47. The molecule has 1 aromatic heterocycles. The zero-order valence-electron chi connectivity index (χ0n) is 9.65. The Bertz CT molecular complexity index is 383. The highest BCUT2D eigenvalue weighted by molar-refractivity contribution is 7.17. The molecule has 1 aliphatic heterocycles. The number of thiazole rings is 1. The summed E-state index contributed by atoms with van der Waals surface area (Å²) in [7, 11) is 1.62. The number of ether oxygens (including phenoxy) is 1. The first-order valence-corrected chi connectivity index (χ1v) is 6.28. The lowest BCUT2D eigenvalue weighted by atomic mass is 10.3. The van der Waals surface area contributed by atoms with Gasteiger partial charge in [0.2, 0.25) is 0 Å². The van der Waals surface area contributed by atoms with E-state index in [1.807, 2.05) is 0 Å². The van der Waals surface area contributed by atoms with Crippen LogP contribution in [0.15, 0.2) is 0 Å². The molecular weight excluding hydrogens is 224 g/mol. The predicted octanol–water partition coefficient (Wildman–Crippen LogP) is 2.09. The molecular formula is C11H16N2O2S. The average molecular weight is 240 g/mol. The molecule has 1 fully saturated rings. The minimum Gasteiger partial charge on any atom is -0.378 e. The Labute approximate surface area is 99.2 Å². The van der Waals surface area contributed by atoms with E-state index in [9.17, 15) is 4.79 Å². The topological polar surface area (TPSA) is 42.4 Å². The Balaban J connectivity index is 2.26. The third kappa shape index (κ3) is 2.25. The molecule has 2 rings (SSSR count). The minimum absolute atomic E-state index is 0.0787. The van der Waals surface area contributed by atoms with Crippen molar-refractivity contribution < 1.29 is 9.53 Å². The van der Waals surface area contributed by atoms with Gasteiger partial charge in [-0.1, -0.05) is 11.3 Å². The van der Waals surface area contributed by atoms with Gasteiger partial charge in [0.15, 0.2) is 10.9 Å². The fourth-order valence-electron chi connectivity index (χ4n) is 1.89. The zero-order chi connectivity index (χ0) is 11.5. The lowest BCUT2D eigenvalue weighted by Gasteiger charge is -2.12. The van der Waals surface area contributed by atoms with Crippen molar-refractivity contribution >= 4 is 22.3 Å². The summed E-state index contributed by atoms with van der Waals surface area (Å²) in [6.45, 7) is 4.11. The van der Waals surface area contributed by atoms with E-state index in [4.69, 9.17) is 4.74 Å². The molecule has 2 heterocycles. The van der Waals surface area contributed by atoms with Gasteiger partial charge in [-0.25, -0.2) is 4.98 Å². The summed E-state index contributed by atoms with van der Waals surface area (Å²) in [6, 6.07) is 0. The number of ketones is 1. The van der Waals surface area contributed by atoms with E-state index < -0.39 is 0 Å². The smallest absolute Gasteiger partial charge is 0.186 e. The van der Waals surface area contributed by atoms with E-state index in [0.29, 0.717) is 6.61 Å². The summed E-state index contributed by atoms with van der Waals surface area (Å²) in [5.41, 5.74) is 0.780. The summed E-state index contributed by atoms with van der Waals surface area (Å²) >= 11 is 1.49. The van der Waals surface area contributed by atoms with Crippen molar-refractivity contribution in [2.75, 3.05) is 25.1 Å². The van der Waals surface area contributed by atoms with Gasteiger partial charge in [0.05, 0.1) is 17.2 Å². The van der Waals surface area contributed by atoms with Gasteiger partial charge in [0, 0.05) is 27.1 Å². The van der Waals surface area contributed by atoms with Crippen LogP contribution in [-0.2, 0) is 11.3 Å². The van der Waals surface area contributed by atoms with Crippen molar-refractivity contribution in [2.24, 2.45) is 0 Å². The molecule has 16 heavy (non-hydrogen) atoms. The van der Waals surface area contributed by atoms with Gasteiger partial charge in [-0.2, -0.15) is 0 Å². The van der Waals surface area contributed by atoms with Crippen LogP contribution < -0.4 is 4.90 Å². The average Bonchev–Trinajstić information content (AvgIpc) is 2.83. The third-order valence-corrected chi connectivity index (χ3v) is 3.92. The number of carbonyl (C=O) groups excluding carboxylic acids is 1. The molecule has 88 valence electrons. The van der Waals surface area contributed by atoms with Crippen LogP contribution in [-0.4, -0.2) is 31.0 Å². The maximum absolute atomic E-state index is 11.5. The molecule has 0 bridgehead atoms. The molecule has 1 aromatic rings. The molecule has 5 heteroatoms. The van der Waals surface area contributed by atoms with E-state index in [-0.39, 0.29) is 5.78 Å². The van der Waals surface area contributed by atoms with Gasteiger partial charge in [0.1, 0.15) is 0 Å². The number of hydrogen-bond acceptors (Lipinski definition) is 5. The van der Waals surface area contributed by atoms with Crippen LogP contribution in [0.4, 0.5) is 5.13 Å².